The van der Waals surface area contributed by atoms with Crippen LogP contribution < -0.4 is 10.6 Å². The molecule has 1 fully saturated rings. The lowest BCUT2D eigenvalue weighted by Gasteiger charge is -2.11. The summed E-state index contributed by atoms with van der Waals surface area (Å²) in [5.74, 6) is 0.564. The van der Waals surface area contributed by atoms with Gasteiger partial charge in [0.15, 0.2) is 0 Å². The smallest absolute Gasteiger partial charge is 0.225 e. The monoisotopic (exact) mass is 355 g/mol. The predicted molar refractivity (Wildman–Crippen MR) is 96.6 cm³/mol. The molecule has 0 saturated heterocycles. The van der Waals surface area contributed by atoms with E-state index in [1.54, 1.807) is 12.3 Å². The predicted octanol–water partition coefficient (Wildman–Crippen LogP) is 4.65. The van der Waals surface area contributed by atoms with E-state index in [1.807, 2.05) is 18.2 Å². The average molecular weight is 356 g/mol. The van der Waals surface area contributed by atoms with Crippen molar-refractivity contribution in [2.45, 2.75) is 18.9 Å². The Hall–Kier alpha value is -2.73. The molecule has 126 valence electrons. The summed E-state index contributed by atoms with van der Waals surface area (Å²) in [7, 11) is 0. The standard InChI is InChI=1S/C18H15ClFN5/c19-11-4-7-13(20)15(9-11)23-17-10-16(14-3-1-2-8-21-14)24-18(25-17)22-12-5-6-12/h1-4,7-10,12H,5-6H2,(H2,22,23,24,25). The minimum Gasteiger partial charge on any atom is -0.351 e. The first-order valence-corrected chi connectivity index (χ1v) is 8.34. The number of anilines is 3. The van der Waals surface area contributed by atoms with E-state index < -0.39 is 5.82 Å². The van der Waals surface area contributed by atoms with E-state index in [1.165, 1.54) is 18.2 Å². The highest BCUT2D eigenvalue weighted by Gasteiger charge is 2.22. The van der Waals surface area contributed by atoms with Gasteiger partial charge in [0, 0.05) is 23.3 Å². The van der Waals surface area contributed by atoms with Crippen molar-refractivity contribution in [3.63, 3.8) is 0 Å². The van der Waals surface area contributed by atoms with E-state index in [4.69, 9.17) is 11.6 Å². The molecule has 1 aliphatic carbocycles. The second-order valence-electron chi connectivity index (χ2n) is 5.84. The van der Waals surface area contributed by atoms with Gasteiger partial charge in [-0.15, -0.1) is 0 Å². The van der Waals surface area contributed by atoms with Gasteiger partial charge >= 0.3 is 0 Å². The molecular weight excluding hydrogens is 341 g/mol. The van der Waals surface area contributed by atoms with E-state index in [9.17, 15) is 4.39 Å². The van der Waals surface area contributed by atoms with Crippen LogP contribution in [-0.2, 0) is 0 Å². The fraction of sp³-hybridized carbons (Fsp3) is 0.167. The molecule has 5 nitrogen and oxygen atoms in total. The Labute approximate surface area is 149 Å². The Kier molecular flexibility index (Phi) is 4.19. The molecule has 7 heteroatoms. The maximum Gasteiger partial charge on any atom is 0.225 e. The first-order valence-electron chi connectivity index (χ1n) is 7.96. The number of nitrogens with zero attached hydrogens (tertiary/aromatic N) is 3. The van der Waals surface area contributed by atoms with Crippen LogP contribution in [0.3, 0.4) is 0 Å². The summed E-state index contributed by atoms with van der Waals surface area (Å²) >= 11 is 5.96. The van der Waals surface area contributed by atoms with E-state index in [-0.39, 0.29) is 5.69 Å². The molecule has 0 atom stereocenters. The highest BCUT2D eigenvalue weighted by atomic mass is 35.5. The molecule has 2 aromatic heterocycles. The summed E-state index contributed by atoms with van der Waals surface area (Å²) in [4.78, 5) is 13.3. The highest BCUT2D eigenvalue weighted by Crippen LogP contribution is 2.28. The van der Waals surface area contributed by atoms with Gasteiger partial charge in [0.05, 0.1) is 17.1 Å². The minimum atomic E-state index is -0.404. The fourth-order valence-electron chi connectivity index (χ4n) is 2.36. The zero-order chi connectivity index (χ0) is 17.2. The second kappa shape index (κ2) is 6.64. The number of pyridine rings is 1. The molecule has 0 bridgehead atoms. The molecule has 4 rings (SSSR count). The van der Waals surface area contributed by atoms with Gasteiger partial charge in [-0.05, 0) is 43.2 Å². The molecule has 0 aliphatic heterocycles. The third kappa shape index (κ3) is 3.85. The van der Waals surface area contributed by atoms with Crippen LogP contribution in [0.15, 0.2) is 48.7 Å². The van der Waals surface area contributed by atoms with Crippen molar-refractivity contribution in [1.29, 1.82) is 0 Å². The van der Waals surface area contributed by atoms with E-state index >= 15 is 0 Å². The summed E-state index contributed by atoms with van der Waals surface area (Å²) in [6, 6.07) is 12.1. The minimum absolute atomic E-state index is 0.260. The molecule has 2 heterocycles. The molecule has 1 saturated carbocycles. The largest absolute Gasteiger partial charge is 0.351 e. The molecule has 1 aromatic carbocycles. The molecule has 0 radical (unpaired) electrons. The molecule has 25 heavy (non-hydrogen) atoms. The molecule has 0 spiro atoms. The van der Waals surface area contributed by atoms with E-state index in [0.717, 1.165) is 18.5 Å². The Bertz CT molecular complexity index is 899. The third-order valence-electron chi connectivity index (χ3n) is 3.76. The van der Waals surface area contributed by atoms with Crippen molar-refractivity contribution in [2.24, 2.45) is 0 Å². The number of aromatic nitrogens is 3. The first-order chi connectivity index (χ1) is 12.2. The van der Waals surface area contributed by atoms with Crippen molar-refractivity contribution < 1.29 is 4.39 Å². The number of hydrogen-bond acceptors (Lipinski definition) is 5. The van der Waals surface area contributed by atoms with Crippen molar-refractivity contribution >= 4 is 29.1 Å². The molecule has 3 aromatic rings. The second-order valence-corrected chi connectivity index (χ2v) is 6.28. The summed E-state index contributed by atoms with van der Waals surface area (Å²) in [6.07, 6.45) is 3.90. The molecule has 1 aliphatic rings. The topological polar surface area (TPSA) is 62.7 Å². The van der Waals surface area contributed by atoms with Crippen LogP contribution in [0.2, 0.25) is 5.02 Å². The number of benzene rings is 1. The lowest BCUT2D eigenvalue weighted by molar-refractivity contribution is 0.632. The summed E-state index contributed by atoms with van der Waals surface area (Å²) < 4.78 is 14.0. The zero-order valence-electron chi connectivity index (χ0n) is 13.2. The van der Waals surface area contributed by atoms with Crippen LogP contribution in [-0.4, -0.2) is 21.0 Å². The van der Waals surface area contributed by atoms with E-state index in [2.05, 4.69) is 25.6 Å². The lowest BCUT2D eigenvalue weighted by Crippen LogP contribution is -2.08. The first kappa shape index (κ1) is 15.8. The van der Waals surface area contributed by atoms with Crippen molar-refractivity contribution in [3.8, 4) is 11.4 Å². The Morgan fingerprint density at radius 3 is 2.68 bits per heavy atom. The average Bonchev–Trinajstić information content (AvgIpc) is 3.43. The van der Waals surface area contributed by atoms with Gasteiger partial charge in [0.1, 0.15) is 11.6 Å². The number of halogens is 2. The third-order valence-corrected chi connectivity index (χ3v) is 3.99. The van der Waals surface area contributed by atoms with Gasteiger partial charge in [0.25, 0.3) is 0 Å². The number of hydrogen-bond donors (Lipinski definition) is 2. The van der Waals surface area contributed by atoms with Gasteiger partial charge in [-0.1, -0.05) is 17.7 Å². The maximum atomic E-state index is 14.0. The number of rotatable bonds is 5. The highest BCUT2D eigenvalue weighted by molar-refractivity contribution is 6.30. The summed E-state index contributed by atoms with van der Waals surface area (Å²) in [6.45, 7) is 0. The van der Waals surface area contributed by atoms with Crippen LogP contribution in [0.4, 0.5) is 21.8 Å². The van der Waals surface area contributed by atoms with Gasteiger partial charge in [-0.25, -0.2) is 9.37 Å². The van der Waals surface area contributed by atoms with Crippen molar-refractivity contribution in [3.05, 3.63) is 59.5 Å². The van der Waals surface area contributed by atoms with Crippen LogP contribution >= 0.6 is 11.6 Å². The zero-order valence-corrected chi connectivity index (χ0v) is 14.0. The molecular formula is C18H15ClFN5. The number of nitrogens with one attached hydrogen (secondary N) is 2. The van der Waals surface area contributed by atoms with E-state index in [0.29, 0.717) is 28.5 Å². The van der Waals surface area contributed by atoms with Gasteiger partial charge in [0.2, 0.25) is 5.95 Å². The summed E-state index contributed by atoms with van der Waals surface area (Å²) in [5, 5.41) is 6.69. The van der Waals surface area contributed by atoms with Crippen LogP contribution in [0.25, 0.3) is 11.4 Å². The maximum absolute atomic E-state index is 14.0. The van der Waals surface area contributed by atoms with Crippen molar-refractivity contribution in [1.82, 2.24) is 15.0 Å². The normalized spacial score (nSPS) is 13.5. The van der Waals surface area contributed by atoms with Crippen LogP contribution in [0.5, 0.6) is 0 Å². The molecule has 2 N–H and O–H groups in total. The van der Waals surface area contributed by atoms with Crippen LogP contribution in [0.1, 0.15) is 12.8 Å². The SMILES string of the molecule is Fc1ccc(Cl)cc1Nc1cc(-c2ccccn2)nc(NC2CC2)n1. The Morgan fingerprint density at radius 2 is 1.92 bits per heavy atom. The molecule has 0 amide bonds. The van der Waals surface area contributed by atoms with Gasteiger partial charge in [-0.3, -0.25) is 4.98 Å². The Balaban J connectivity index is 1.71. The summed E-state index contributed by atoms with van der Waals surface area (Å²) in [5.41, 5.74) is 1.64. The lowest BCUT2D eigenvalue weighted by atomic mass is 10.2. The van der Waals surface area contributed by atoms with Crippen molar-refractivity contribution in [2.75, 3.05) is 10.6 Å². The van der Waals surface area contributed by atoms with Gasteiger partial charge in [-0.2, -0.15) is 4.98 Å². The molecule has 0 unspecified atom stereocenters. The Morgan fingerprint density at radius 1 is 1.04 bits per heavy atom. The van der Waals surface area contributed by atoms with Gasteiger partial charge < -0.3 is 10.6 Å². The van der Waals surface area contributed by atoms with Crippen LogP contribution in [0, 0.1) is 5.82 Å². The quantitative estimate of drug-likeness (QED) is 0.697. The fourth-order valence-corrected chi connectivity index (χ4v) is 2.53.